The maximum Gasteiger partial charge on any atom is 0.227 e. The van der Waals surface area contributed by atoms with E-state index in [9.17, 15) is 4.79 Å². The molecule has 0 spiro atoms. The highest BCUT2D eigenvalue weighted by Gasteiger charge is 2.11. The fourth-order valence-corrected chi connectivity index (χ4v) is 2.53. The molecule has 28 heavy (non-hydrogen) atoms. The van der Waals surface area contributed by atoms with Crippen LogP contribution in [0.15, 0.2) is 54.9 Å². The van der Waals surface area contributed by atoms with Crippen molar-refractivity contribution in [2.75, 3.05) is 19.0 Å². The van der Waals surface area contributed by atoms with Crippen LogP contribution in [0.3, 0.4) is 0 Å². The van der Waals surface area contributed by atoms with Crippen molar-refractivity contribution in [2.45, 2.75) is 19.1 Å². The molecule has 152 valence electrons. The summed E-state index contributed by atoms with van der Waals surface area (Å²) in [4.78, 5) is 16.4. The van der Waals surface area contributed by atoms with Crippen molar-refractivity contribution < 1.29 is 14.3 Å². The molecule has 1 atom stereocenters. The molecule has 1 amide bonds. The lowest BCUT2D eigenvalue weighted by Gasteiger charge is -2.12. The molecule has 1 aromatic carbocycles. The van der Waals surface area contributed by atoms with Gasteiger partial charge in [0.15, 0.2) is 0 Å². The van der Waals surface area contributed by atoms with Gasteiger partial charge in [-0.2, -0.15) is 0 Å². The molecule has 7 nitrogen and oxygen atoms in total. The van der Waals surface area contributed by atoms with Gasteiger partial charge >= 0.3 is 0 Å². The Labute approximate surface area is 176 Å². The predicted octanol–water partition coefficient (Wildman–Crippen LogP) is 3.06. The number of anilines is 1. The van der Waals surface area contributed by atoms with Gasteiger partial charge < -0.3 is 24.9 Å². The third-order valence-corrected chi connectivity index (χ3v) is 3.95. The van der Waals surface area contributed by atoms with E-state index in [0.29, 0.717) is 24.6 Å². The van der Waals surface area contributed by atoms with Crippen LogP contribution in [0.1, 0.15) is 12.1 Å². The Morgan fingerprint density at radius 1 is 1.21 bits per heavy atom. The number of rotatable bonds is 8. The maximum absolute atomic E-state index is 11.9. The van der Waals surface area contributed by atoms with Crippen molar-refractivity contribution in [3.63, 3.8) is 0 Å². The zero-order valence-electron chi connectivity index (χ0n) is 15.4. The van der Waals surface area contributed by atoms with E-state index in [1.807, 2.05) is 47.1 Å². The fourth-order valence-electron chi connectivity index (χ4n) is 2.53. The first-order chi connectivity index (χ1) is 12.7. The molecular weight excluding hydrogens is 403 g/mol. The third-order valence-electron chi connectivity index (χ3n) is 3.95. The number of amides is 1. The number of pyridine rings is 1. The van der Waals surface area contributed by atoms with Crippen LogP contribution in [0.25, 0.3) is 5.65 Å². The molecule has 9 heteroatoms. The molecule has 0 fully saturated rings. The average Bonchev–Trinajstić information content (AvgIpc) is 3.08. The van der Waals surface area contributed by atoms with Crippen molar-refractivity contribution in [3.8, 4) is 5.75 Å². The summed E-state index contributed by atoms with van der Waals surface area (Å²) < 4.78 is 12.8. The number of imidazole rings is 1. The Balaban J connectivity index is 0.00000196. The zero-order valence-corrected chi connectivity index (χ0v) is 17.0. The lowest BCUT2D eigenvalue weighted by Crippen LogP contribution is -2.28. The molecule has 0 aliphatic heterocycles. The van der Waals surface area contributed by atoms with Crippen LogP contribution in [-0.4, -0.2) is 35.1 Å². The van der Waals surface area contributed by atoms with E-state index in [-0.39, 0.29) is 43.2 Å². The van der Waals surface area contributed by atoms with Gasteiger partial charge in [-0.25, -0.2) is 4.98 Å². The second kappa shape index (κ2) is 11.5. The quantitative estimate of drug-likeness (QED) is 0.577. The number of nitrogens with zero attached hydrogens (tertiary/aromatic N) is 2. The number of hydrogen-bond acceptors (Lipinski definition) is 5. The highest BCUT2D eigenvalue weighted by molar-refractivity contribution is 5.91. The summed E-state index contributed by atoms with van der Waals surface area (Å²) >= 11 is 0. The molecule has 0 aliphatic rings. The number of halogens is 2. The van der Waals surface area contributed by atoms with Gasteiger partial charge in [0.2, 0.25) is 5.91 Å². The summed E-state index contributed by atoms with van der Waals surface area (Å²) in [6, 6.07) is 13.0. The first-order valence-corrected chi connectivity index (χ1v) is 8.36. The highest BCUT2D eigenvalue weighted by Crippen LogP contribution is 2.17. The lowest BCUT2D eigenvalue weighted by atomic mass is 10.2. The first-order valence-electron chi connectivity index (χ1n) is 8.36. The average molecular weight is 427 g/mol. The molecule has 3 N–H and O–H groups in total. The van der Waals surface area contributed by atoms with Crippen LogP contribution in [0.2, 0.25) is 0 Å². The van der Waals surface area contributed by atoms with Gasteiger partial charge in [-0.1, -0.05) is 6.07 Å². The maximum atomic E-state index is 11.9. The smallest absolute Gasteiger partial charge is 0.227 e. The monoisotopic (exact) mass is 426 g/mol. The Morgan fingerprint density at radius 3 is 2.61 bits per heavy atom. The zero-order chi connectivity index (χ0) is 18.4. The molecule has 3 rings (SSSR count). The molecule has 1 unspecified atom stereocenters. The van der Waals surface area contributed by atoms with Crippen molar-refractivity contribution in [1.29, 1.82) is 0 Å². The number of methoxy groups -OCH3 is 1. The van der Waals surface area contributed by atoms with Crippen LogP contribution in [-0.2, 0) is 16.1 Å². The SMILES string of the molecule is COC(CN)CC(=O)Nc1ccc(OCc2cn3ccccc3n2)cc1.Cl.Cl. The Bertz CT molecular complexity index is 834. The van der Waals surface area contributed by atoms with E-state index in [1.165, 1.54) is 0 Å². The van der Waals surface area contributed by atoms with Crippen molar-refractivity contribution in [2.24, 2.45) is 5.73 Å². The molecule has 3 aromatic rings. The minimum atomic E-state index is -0.275. The first kappa shape index (κ1) is 23.7. The molecule has 0 saturated carbocycles. The van der Waals surface area contributed by atoms with Crippen LogP contribution in [0, 0.1) is 0 Å². The van der Waals surface area contributed by atoms with Gasteiger partial charge in [-0.05, 0) is 36.4 Å². The Kier molecular flexibility index (Phi) is 9.75. The Hall–Kier alpha value is -2.32. The summed E-state index contributed by atoms with van der Waals surface area (Å²) in [6.45, 7) is 0.680. The molecule has 0 saturated heterocycles. The number of carbonyl (C=O) groups is 1. The number of benzene rings is 1. The minimum Gasteiger partial charge on any atom is -0.487 e. The van der Waals surface area contributed by atoms with Gasteiger partial charge in [0.05, 0.1) is 18.2 Å². The lowest BCUT2D eigenvalue weighted by molar-refractivity contribution is -0.118. The van der Waals surface area contributed by atoms with Crippen molar-refractivity contribution in [3.05, 3.63) is 60.6 Å². The summed E-state index contributed by atoms with van der Waals surface area (Å²) in [5, 5.41) is 2.81. The Morgan fingerprint density at radius 2 is 1.96 bits per heavy atom. The largest absolute Gasteiger partial charge is 0.487 e. The topological polar surface area (TPSA) is 90.9 Å². The fraction of sp³-hybridized carbons (Fsp3) is 0.263. The molecule has 2 heterocycles. The standard InChI is InChI=1S/C19H22N4O3.2ClH/c1-25-17(11-20)10-19(24)22-14-5-7-16(8-6-14)26-13-15-12-23-9-3-2-4-18(23)21-15;;/h2-9,12,17H,10-11,13,20H2,1H3,(H,22,24);2*1H. The van der Waals surface area contributed by atoms with Crippen LogP contribution in [0.4, 0.5) is 5.69 Å². The van der Waals surface area contributed by atoms with Crippen LogP contribution >= 0.6 is 24.8 Å². The molecule has 0 aliphatic carbocycles. The van der Waals surface area contributed by atoms with E-state index in [4.69, 9.17) is 15.2 Å². The normalized spacial score (nSPS) is 11.2. The van der Waals surface area contributed by atoms with Crippen LogP contribution in [0.5, 0.6) is 5.75 Å². The van der Waals surface area contributed by atoms with E-state index < -0.39 is 0 Å². The number of fused-ring (bicyclic) bond motifs is 1. The molecular formula is C19H24Cl2N4O3. The third kappa shape index (κ3) is 6.38. The van der Waals surface area contributed by atoms with Gasteiger partial charge in [-0.15, -0.1) is 24.8 Å². The van der Waals surface area contributed by atoms with Gasteiger partial charge in [0, 0.05) is 31.7 Å². The highest BCUT2D eigenvalue weighted by atomic mass is 35.5. The number of aromatic nitrogens is 2. The van der Waals surface area contributed by atoms with Crippen molar-refractivity contribution in [1.82, 2.24) is 9.38 Å². The number of ether oxygens (including phenoxy) is 2. The van der Waals surface area contributed by atoms with E-state index >= 15 is 0 Å². The molecule has 0 bridgehead atoms. The second-order valence-corrected chi connectivity index (χ2v) is 5.86. The van der Waals surface area contributed by atoms with Crippen LogP contribution < -0.4 is 15.8 Å². The van der Waals surface area contributed by atoms with Gasteiger partial charge in [0.25, 0.3) is 0 Å². The van der Waals surface area contributed by atoms with E-state index in [2.05, 4.69) is 10.3 Å². The molecule has 0 radical (unpaired) electrons. The van der Waals surface area contributed by atoms with E-state index in [0.717, 1.165) is 11.3 Å². The summed E-state index contributed by atoms with van der Waals surface area (Å²) in [7, 11) is 1.54. The summed E-state index contributed by atoms with van der Waals surface area (Å²) in [5.74, 6) is 0.567. The summed E-state index contributed by atoms with van der Waals surface area (Å²) in [5.41, 5.74) is 7.95. The number of nitrogens with two attached hydrogens (primary N) is 1. The number of hydrogen-bond donors (Lipinski definition) is 2. The van der Waals surface area contributed by atoms with E-state index in [1.54, 1.807) is 19.2 Å². The second-order valence-electron chi connectivity index (χ2n) is 5.86. The number of nitrogens with one attached hydrogen (secondary N) is 1. The molecule has 2 aromatic heterocycles. The summed E-state index contributed by atoms with van der Waals surface area (Å²) in [6.07, 6.45) is 3.83. The predicted molar refractivity (Wildman–Crippen MR) is 114 cm³/mol. The van der Waals surface area contributed by atoms with Crippen molar-refractivity contribution >= 4 is 42.1 Å². The number of carbonyl (C=O) groups excluding carboxylic acids is 1. The van der Waals surface area contributed by atoms with Gasteiger partial charge in [-0.3, -0.25) is 4.79 Å². The minimum absolute atomic E-state index is 0. The van der Waals surface area contributed by atoms with Gasteiger partial charge in [0.1, 0.15) is 18.0 Å².